The number of amides is 1. The van der Waals surface area contributed by atoms with Gasteiger partial charge in [-0.25, -0.2) is 8.42 Å². The summed E-state index contributed by atoms with van der Waals surface area (Å²) in [5, 5.41) is 0. The SMILES string of the molecule is Cc1ccc(N([C@H](C)C(=O)N2c3ccccc3C[C@H]2C)S(C)(=O)=O)cc1C. The van der Waals surface area contributed by atoms with E-state index in [4.69, 9.17) is 0 Å². The van der Waals surface area contributed by atoms with Crippen molar-refractivity contribution >= 4 is 27.3 Å². The molecule has 0 aromatic heterocycles. The van der Waals surface area contributed by atoms with Gasteiger partial charge in [-0.15, -0.1) is 0 Å². The molecule has 144 valence electrons. The minimum atomic E-state index is -3.63. The Bertz CT molecular complexity index is 985. The number of nitrogens with zero attached hydrogens (tertiary/aromatic N) is 2. The highest BCUT2D eigenvalue weighted by molar-refractivity contribution is 7.92. The molecule has 0 unspecified atom stereocenters. The van der Waals surface area contributed by atoms with Gasteiger partial charge in [-0.1, -0.05) is 24.3 Å². The van der Waals surface area contributed by atoms with Gasteiger partial charge in [0.25, 0.3) is 5.91 Å². The molecule has 0 aliphatic carbocycles. The molecule has 6 heteroatoms. The maximum atomic E-state index is 13.4. The molecular weight excluding hydrogens is 360 g/mol. The molecule has 27 heavy (non-hydrogen) atoms. The first-order valence-electron chi connectivity index (χ1n) is 9.09. The van der Waals surface area contributed by atoms with E-state index in [1.807, 2.05) is 57.2 Å². The van der Waals surface area contributed by atoms with Crippen molar-refractivity contribution in [3.63, 3.8) is 0 Å². The molecule has 1 amide bonds. The van der Waals surface area contributed by atoms with Gasteiger partial charge in [0.05, 0.1) is 11.9 Å². The van der Waals surface area contributed by atoms with Crippen LogP contribution in [0.2, 0.25) is 0 Å². The average molecular weight is 387 g/mol. The van der Waals surface area contributed by atoms with Gasteiger partial charge in [0.15, 0.2) is 0 Å². The summed E-state index contributed by atoms with van der Waals surface area (Å²) in [5.41, 5.74) is 4.56. The van der Waals surface area contributed by atoms with Crippen LogP contribution in [0.1, 0.15) is 30.5 Å². The molecule has 2 atom stereocenters. The van der Waals surface area contributed by atoms with E-state index in [-0.39, 0.29) is 11.9 Å². The number of hydrogen-bond donors (Lipinski definition) is 0. The van der Waals surface area contributed by atoms with Gasteiger partial charge in [0.1, 0.15) is 6.04 Å². The summed E-state index contributed by atoms with van der Waals surface area (Å²) in [6.45, 7) is 7.56. The van der Waals surface area contributed by atoms with Crippen molar-refractivity contribution in [2.45, 2.75) is 46.2 Å². The van der Waals surface area contributed by atoms with E-state index in [0.717, 1.165) is 35.1 Å². The fourth-order valence-electron chi connectivity index (χ4n) is 3.77. The molecule has 3 rings (SSSR count). The first-order chi connectivity index (χ1) is 12.6. The molecule has 2 aromatic carbocycles. The van der Waals surface area contributed by atoms with Gasteiger partial charge in [-0.05, 0) is 69.0 Å². The molecule has 0 fully saturated rings. The molecular formula is C21H26N2O3S. The van der Waals surface area contributed by atoms with Crippen molar-refractivity contribution in [3.05, 3.63) is 59.2 Å². The Hall–Kier alpha value is -2.34. The predicted molar refractivity (Wildman–Crippen MR) is 110 cm³/mol. The minimum absolute atomic E-state index is 0.00138. The van der Waals surface area contributed by atoms with E-state index in [1.165, 1.54) is 4.31 Å². The average Bonchev–Trinajstić information content (AvgIpc) is 2.92. The Balaban J connectivity index is 2.01. The van der Waals surface area contributed by atoms with Crippen LogP contribution >= 0.6 is 0 Å². The summed E-state index contributed by atoms with van der Waals surface area (Å²) in [6.07, 6.45) is 1.92. The molecule has 0 bridgehead atoms. The van der Waals surface area contributed by atoms with Crippen LogP contribution in [-0.2, 0) is 21.2 Å². The molecule has 1 heterocycles. The summed E-state index contributed by atoms with van der Waals surface area (Å²) >= 11 is 0. The van der Waals surface area contributed by atoms with Crippen molar-refractivity contribution in [2.24, 2.45) is 0 Å². The lowest BCUT2D eigenvalue weighted by atomic mass is 10.1. The van der Waals surface area contributed by atoms with Crippen molar-refractivity contribution < 1.29 is 13.2 Å². The highest BCUT2D eigenvalue weighted by atomic mass is 32.2. The van der Waals surface area contributed by atoms with Crippen LogP contribution in [0, 0.1) is 13.8 Å². The lowest BCUT2D eigenvalue weighted by molar-refractivity contribution is -0.119. The smallest absolute Gasteiger partial charge is 0.250 e. The third-order valence-corrected chi connectivity index (χ3v) is 6.50. The summed E-state index contributed by atoms with van der Waals surface area (Å²) in [4.78, 5) is 15.1. The molecule has 0 radical (unpaired) electrons. The summed E-state index contributed by atoms with van der Waals surface area (Å²) in [5.74, 6) is -0.212. The number of aryl methyl sites for hydroxylation is 2. The van der Waals surface area contributed by atoms with Crippen molar-refractivity contribution in [2.75, 3.05) is 15.5 Å². The number of carbonyl (C=O) groups is 1. The molecule has 0 saturated carbocycles. The Morgan fingerprint density at radius 2 is 1.81 bits per heavy atom. The number of sulfonamides is 1. The van der Waals surface area contributed by atoms with Crippen LogP contribution in [0.5, 0.6) is 0 Å². The molecule has 0 saturated heterocycles. The summed E-state index contributed by atoms with van der Waals surface area (Å²) in [7, 11) is -3.63. The number of para-hydroxylation sites is 1. The molecule has 5 nitrogen and oxygen atoms in total. The van der Waals surface area contributed by atoms with Gasteiger partial charge >= 0.3 is 0 Å². The number of carbonyl (C=O) groups excluding carboxylic acids is 1. The third kappa shape index (κ3) is 3.58. The fourth-order valence-corrected chi connectivity index (χ4v) is 4.93. The monoisotopic (exact) mass is 386 g/mol. The second-order valence-electron chi connectivity index (χ2n) is 7.39. The molecule has 2 aromatic rings. The standard InChI is InChI=1S/C21H26N2O3S/c1-14-10-11-19(12-15(14)2)23(27(5,25)26)17(4)21(24)22-16(3)13-18-8-6-7-9-20(18)22/h6-12,16-17H,13H2,1-5H3/t16-,17-/m1/s1. The van der Waals surface area contributed by atoms with Gasteiger partial charge < -0.3 is 4.90 Å². The second-order valence-corrected chi connectivity index (χ2v) is 9.25. The largest absolute Gasteiger partial charge is 0.307 e. The number of rotatable bonds is 4. The van der Waals surface area contributed by atoms with E-state index in [9.17, 15) is 13.2 Å². The highest BCUT2D eigenvalue weighted by Crippen LogP contribution is 2.34. The fraction of sp³-hybridized carbons (Fsp3) is 0.381. The molecule has 0 N–H and O–H groups in total. The van der Waals surface area contributed by atoms with Gasteiger partial charge in [-0.2, -0.15) is 0 Å². The molecule has 0 spiro atoms. The highest BCUT2D eigenvalue weighted by Gasteiger charge is 2.37. The Morgan fingerprint density at radius 3 is 2.44 bits per heavy atom. The summed E-state index contributed by atoms with van der Waals surface area (Å²) < 4.78 is 26.4. The maximum absolute atomic E-state index is 13.4. The minimum Gasteiger partial charge on any atom is -0.307 e. The number of fused-ring (bicyclic) bond motifs is 1. The van der Waals surface area contributed by atoms with Crippen molar-refractivity contribution in [3.8, 4) is 0 Å². The van der Waals surface area contributed by atoms with Crippen LogP contribution < -0.4 is 9.21 Å². The van der Waals surface area contributed by atoms with E-state index < -0.39 is 16.1 Å². The van der Waals surface area contributed by atoms with Crippen molar-refractivity contribution in [1.82, 2.24) is 0 Å². The van der Waals surface area contributed by atoms with Crippen LogP contribution in [0.25, 0.3) is 0 Å². The predicted octanol–water partition coefficient (Wildman–Crippen LogP) is 3.44. The number of hydrogen-bond acceptors (Lipinski definition) is 3. The first kappa shape index (κ1) is 19.4. The lowest BCUT2D eigenvalue weighted by Gasteiger charge is -2.33. The van der Waals surface area contributed by atoms with Gasteiger partial charge in [0.2, 0.25) is 10.0 Å². The number of anilines is 2. The lowest BCUT2D eigenvalue weighted by Crippen LogP contribution is -2.51. The molecule has 1 aliphatic heterocycles. The maximum Gasteiger partial charge on any atom is 0.250 e. The quantitative estimate of drug-likeness (QED) is 0.809. The zero-order chi connectivity index (χ0) is 19.9. The van der Waals surface area contributed by atoms with Crippen molar-refractivity contribution in [1.29, 1.82) is 0 Å². The Morgan fingerprint density at radius 1 is 1.15 bits per heavy atom. The summed E-state index contributed by atoms with van der Waals surface area (Å²) in [6, 6.07) is 12.4. The first-order valence-corrected chi connectivity index (χ1v) is 10.9. The second kappa shape index (κ2) is 7.00. The van der Waals surface area contributed by atoms with Gasteiger partial charge in [-0.3, -0.25) is 9.10 Å². The Labute approximate surface area is 161 Å². The topological polar surface area (TPSA) is 57.7 Å². The van der Waals surface area contributed by atoms with Crippen LogP contribution in [0.3, 0.4) is 0 Å². The van der Waals surface area contributed by atoms with Crippen LogP contribution in [0.15, 0.2) is 42.5 Å². The van der Waals surface area contributed by atoms with Gasteiger partial charge in [0, 0.05) is 11.7 Å². The van der Waals surface area contributed by atoms with Crippen LogP contribution in [-0.4, -0.2) is 32.7 Å². The zero-order valence-corrected chi connectivity index (χ0v) is 17.2. The molecule has 1 aliphatic rings. The third-order valence-electron chi connectivity index (χ3n) is 5.26. The van der Waals surface area contributed by atoms with E-state index >= 15 is 0 Å². The zero-order valence-electron chi connectivity index (χ0n) is 16.4. The van der Waals surface area contributed by atoms with E-state index in [0.29, 0.717) is 5.69 Å². The Kier molecular flexibility index (Phi) is 5.04. The van der Waals surface area contributed by atoms with E-state index in [2.05, 4.69) is 0 Å². The van der Waals surface area contributed by atoms with Crippen LogP contribution in [0.4, 0.5) is 11.4 Å². The number of benzene rings is 2. The van der Waals surface area contributed by atoms with E-state index in [1.54, 1.807) is 17.9 Å². The normalized spacial score (nSPS) is 17.5.